The fourth-order valence-corrected chi connectivity index (χ4v) is 1.72. The predicted octanol–water partition coefficient (Wildman–Crippen LogP) is 1.99. The molecule has 5 nitrogen and oxygen atoms in total. The number of likely N-dealkylation sites (N-methyl/N-ethyl adjacent to an activating group) is 2. The topological polar surface area (TPSA) is 47.6 Å². The number of amides is 2. The first kappa shape index (κ1) is 16.5. The van der Waals surface area contributed by atoms with Gasteiger partial charge in [-0.25, -0.2) is 4.79 Å². The van der Waals surface area contributed by atoms with Crippen LogP contribution in [0.15, 0.2) is 24.3 Å². The Balaban J connectivity index is 2.61. The fourth-order valence-electron chi connectivity index (χ4n) is 1.72. The van der Waals surface area contributed by atoms with E-state index in [9.17, 15) is 4.79 Å². The van der Waals surface area contributed by atoms with E-state index in [4.69, 9.17) is 0 Å². The Kier molecular flexibility index (Phi) is 6.48. The van der Waals surface area contributed by atoms with Crippen LogP contribution in [0.25, 0.3) is 0 Å². The quantitative estimate of drug-likeness (QED) is 0.836. The van der Waals surface area contributed by atoms with E-state index in [-0.39, 0.29) is 12.1 Å². The molecule has 0 saturated heterocycles. The minimum absolute atomic E-state index is 0.0823. The van der Waals surface area contributed by atoms with Crippen molar-refractivity contribution >= 4 is 11.7 Å². The van der Waals surface area contributed by atoms with Crippen molar-refractivity contribution in [2.75, 3.05) is 46.6 Å². The van der Waals surface area contributed by atoms with Gasteiger partial charge in [0, 0.05) is 31.9 Å². The highest BCUT2D eigenvalue weighted by Crippen LogP contribution is 2.17. The number of hydrogen-bond acceptors (Lipinski definition) is 3. The van der Waals surface area contributed by atoms with E-state index in [2.05, 4.69) is 22.5 Å². The summed E-state index contributed by atoms with van der Waals surface area (Å²) in [5, 5.41) is 6.11. The standard InChI is InChI=1S/C15H26N4O/c1-12(16-2)13-7-6-8-14(11-13)17-15(20)19(5)10-9-18(3)4/h6-8,11-12,16H,9-10H2,1-5H3,(H,17,20). The number of hydrogen-bond donors (Lipinski definition) is 2. The summed E-state index contributed by atoms with van der Waals surface area (Å²) in [7, 11) is 7.71. The Morgan fingerprint density at radius 3 is 2.55 bits per heavy atom. The molecule has 0 heterocycles. The zero-order chi connectivity index (χ0) is 15.1. The van der Waals surface area contributed by atoms with Gasteiger partial charge in [0.15, 0.2) is 0 Å². The van der Waals surface area contributed by atoms with Crippen LogP contribution in [-0.2, 0) is 0 Å². The lowest BCUT2D eigenvalue weighted by Crippen LogP contribution is -2.36. The summed E-state index contributed by atoms with van der Waals surface area (Å²) in [6.07, 6.45) is 0. The molecule has 1 aromatic carbocycles. The van der Waals surface area contributed by atoms with Crippen molar-refractivity contribution in [3.05, 3.63) is 29.8 Å². The molecule has 1 rings (SSSR count). The number of urea groups is 1. The van der Waals surface area contributed by atoms with Gasteiger partial charge in [0.05, 0.1) is 0 Å². The lowest BCUT2D eigenvalue weighted by atomic mass is 10.1. The molecule has 2 amide bonds. The number of benzene rings is 1. The zero-order valence-electron chi connectivity index (χ0n) is 13.1. The molecule has 20 heavy (non-hydrogen) atoms. The SMILES string of the molecule is CNC(C)c1cccc(NC(=O)N(C)CCN(C)C)c1. The molecule has 0 aliphatic carbocycles. The van der Waals surface area contributed by atoms with Crippen molar-refractivity contribution < 1.29 is 4.79 Å². The first-order valence-corrected chi connectivity index (χ1v) is 6.88. The molecule has 2 N–H and O–H groups in total. The third kappa shape index (κ3) is 5.19. The van der Waals surface area contributed by atoms with Crippen molar-refractivity contribution in [3.8, 4) is 0 Å². The van der Waals surface area contributed by atoms with Gasteiger partial charge in [0.2, 0.25) is 0 Å². The van der Waals surface area contributed by atoms with Crippen LogP contribution in [0, 0.1) is 0 Å². The minimum atomic E-state index is -0.0823. The smallest absolute Gasteiger partial charge is 0.321 e. The predicted molar refractivity (Wildman–Crippen MR) is 84.1 cm³/mol. The minimum Gasteiger partial charge on any atom is -0.326 e. The van der Waals surface area contributed by atoms with Crippen molar-refractivity contribution in [3.63, 3.8) is 0 Å². The highest BCUT2D eigenvalue weighted by Gasteiger charge is 2.10. The van der Waals surface area contributed by atoms with Gasteiger partial charge in [0.25, 0.3) is 0 Å². The molecule has 0 radical (unpaired) electrons. The molecule has 1 aromatic rings. The molecule has 1 unspecified atom stereocenters. The molecule has 0 aliphatic rings. The van der Waals surface area contributed by atoms with Gasteiger partial charge >= 0.3 is 6.03 Å². The van der Waals surface area contributed by atoms with Crippen molar-refractivity contribution in [1.29, 1.82) is 0 Å². The highest BCUT2D eigenvalue weighted by molar-refractivity contribution is 5.89. The molecule has 0 spiro atoms. The van der Waals surface area contributed by atoms with E-state index in [1.54, 1.807) is 11.9 Å². The van der Waals surface area contributed by atoms with Crippen LogP contribution in [0.5, 0.6) is 0 Å². The van der Waals surface area contributed by atoms with Crippen LogP contribution in [0.4, 0.5) is 10.5 Å². The van der Waals surface area contributed by atoms with Gasteiger partial charge in [0.1, 0.15) is 0 Å². The number of carbonyl (C=O) groups excluding carboxylic acids is 1. The third-order valence-electron chi connectivity index (χ3n) is 3.30. The summed E-state index contributed by atoms with van der Waals surface area (Å²) in [5.74, 6) is 0. The highest BCUT2D eigenvalue weighted by atomic mass is 16.2. The zero-order valence-corrected chi connectivity index (χ0v) is 13.1. The largest absolute Gasteiger partial charge is 0.326 e. The van der Waals surface area contributed by atoms with E-state index < -0.39 is 0 Å². The van der Waals surface area contributed by atoms with E-state index in [1.807, 2.05) is 45.4 Å². The molecule has 0 aliphatic heterocycles. The number of carbonyl (C=O) groups is 1. The Labute approximate surface area is 121 Å². The molecular weight excluding hydrogens is 252 g/mol. The maximum Gasteiger partial charge on any atom is 0.321 e. The summed E-state index contributed by atoms with van der Waals surface area (Å²) >= 11 is 0. The van der Waals surface area contributed by atoms with Gasteiger partial charge in [-0.3, -0.25) is 0 Å². The Morgan fingerprint density at radius 1 is 1.25 bits per heavy atom. The van der Waals surface area contributed by atoms with Crippen LogP contribution in [0.3, 0.4) is 0 Å². The van der Waals surface area contributed by atoms with Crippen molar-refractivity contribution in [2.45, 2.75) is 13.0 Å². The lowest BCUT2D eigenvalue weighted by molar-refractivity contribution is 0.217. The summed E-state index contributed by atoms with van der Waals surface area (Å²) < 4.78 is 0. The second-order valence-electron chi connectivity index (χ2n) is 5.29. The molecule has 0 bridgehead atoms. The molecule has 1 atom stereocenters. The molecule has 0 aromatic heterocycles. The second kappa shape index (κ2) is 7.87. The summed E-state index contributed by atoms with van der Waals surface area (Å²) in [5.41, 5.74) is 1.98. The van der Waals surface area contributed by atoms with Gasteiger partial charge < -0.3 is 20.4 Å². The summed E-state index contributed by atoms with van der Waals surface area (Å²) in [6, 6.07) is 8.09. The number of nitrogens with zero attached hydrogens (tertiary/aromatic N) is 2. The fraction of sp³-hybridized carbons (Fsp3) is 0.533. The third-order valence-corrected chi connectivity index (χ3v) is 3.30. The lowest BCUT2D eigenvalue weighted by Gasteiger charge is -2.20. The van der Waals surface area contributed by atoms with Crippen LogP contribution in [0.2, 0.25) is 0 Å². The maximum absolute atomic E-state index is 12.1. The maximum atomic E-state index is 12.1. The molecule has 0 fully saturated rings. The summed E-state index contributed by atoms with van der Waals surface area (Å²) in [6.45, 7) is 3.64. The number of anilines is 1. The monoisotopic (exact) mass is 278 g/mol. The van der Waals surface area contributed by atoms with Gasteiger partial charge in [-0.15, -0.1) is 0 Å². The number of nitrogens with one attached hydrogen (secondary N) is 2. The van der Waals surface area contributed by atoms with Gasteiger partial charge in [-0.05, 0) is 45.8 Å². The van der Waals surface area contributed by atoms with E-state index in [0.717, 1.165) is 17.8 Å². The molecule has 0 saturated carbocycles. The van der Waals surface area contributed by atoms with Crippen LogP contribution < -0.4 is 10.6 Å². The summed E-state index contributed by atoms with van der Waals surface area (Å²) in [4.78, 5) is 15.8. The number of rotatable bonds is 6. The van der Waals surface area contributed by atoms with Gasteiger partial charge in [-0.2, -0.15) is 0 Å². The average Bonchev–Trinajstić information content (AvgIpc) is 2.43. The average molecular weight is 278 g/mol. The van der Waals surface area contributed by atoms with Crippen LogP contribution in [-0.4, -0.2) is 57.1 Å². The van der Waals surface area contributed by atoms with Crippen molar-refractivity contribution in [2.24, 2.45) is 0 Å². The Hall–Kier alpha value is -1.59. The van der Waals surface area contributed by atoms with Crippen LogP contribution >= 0.6 is 0 Å². The van der Waals surface area contributed by atoms with Crippen LogP contribution in [0.1, 0.15) is 18.5 Å². The molecule has 5 heteroatoms. The van der Waals surface area contributed by atoms with E-state index in [0.29, 0.717) is 6.54 Å². The Morgan fingerprint density at radius 2 is 1.95 bits per heavy atom. The van der Waals surface area contributed by atoms with E-state index in [1.165, 1.54) is 0 Å². The normalized spacial score (nSPS) is 12.3. The Bertz CT molecular complexity index is 434. The first-order chi connectivity index (χ1) is 9.43. The van der Waals surface area contributed by atoms with Crippen molar-refractivity contribution in [1.82, 2.24) is 15.1 Å². The molecular formula is C15H26N4O. The van der Waals surface area contributed by atoms with E-state index >= 15 is 0 Å². The van der Waals surface area contributed by atoms with Gasteiger partial charge in [-0.1, -0.05) is 12.1 Å². The second-order valence-corrected chi connectivity index (χ2v) is 5.29. The first-order valence-electron chi connectivity index (χ1n) is 6.88. The molecule has 112 valence electrons.